The molecule has 0 amide bonds. The Morgan fingerprint density at radius 1 is 1.45 bits per heavy atom. The van der Waals surface area contributed by atoms with Crippen LogP contribution in [0.15, 0.2) is 15.6 Å². The van der Waals surface area contributed by atoms with Gasteiger partial charge in [0.1, 0.15) is 10.7 Å². The fourth-order valence-corrected chi connectivity index (χ4v) is 3.47. The fourth-order valence-electron chi connectivity index (χ4n) is 2.15. The highest BCUT2D eigenvalue weighted by molar-refractivity contribution is 7.89. The molecule has 110 valence electrons. The summed E-state index contributed by atoms with van der Waals surface area (Å²) in [4.78, 5) is -0.0430. The van der Waals surface area contributed by atoms with Gasteiger partial charge in [0, 0.05) is 24.8 Å². The van der Waals surface area contributed by atoms with Gasteiger partial charge in [-0.05, 0) is 20.8 Å². The molecule has 2 aromatic heterocycles. The van der Waals surface area contributed by atoms with Gasteiger partial charge in [-0.15, -0.1) is 0 Å². The number of nitrogens with two attached hydrogens (primary N) is 1. The zero-order valence-corrected chi connectivity index (χ0v) is 12.5. The van der Waals surface area contributed by atoms with Crippen LogP contribution in [0.1, 0.15) is 30.0 Å². The number of aryl methyl sites for hydroxylation is 3. The highest BCUT2D eigenvalue weighted by atomic mass is 32.2. The first-order valence-corrected chi connectivity index (χ1v) is 7.45. The quantitative estimate of drug-likeness (QED) is 0.856. The van der Waals surface area contributed by atoms with Crippen molar-refractivity contribution in [3.63, 3.8) is 0 Å². The minimum Gasteiger partial charge on any atom is -0.381 e. The Hall–Kier alpha value is -1.87. The molecule has 2 rings (SSSR count). The minimum atomic E-state index is -3.76. The molecule has 8 nitrogen and oxygen atoms in total. The van der Waals surface area contributed by atoms with Crippen molar-refractivity contribution in [2.24, 2.45) is 7.05 Å². The van der Waals surface area contributed by atoms with Gasteiger partial charge in [-0.25, -0.2) is 13.1 Å². The van der Waals surface area contributed by atoms with E-state index in [2.05, 4.69) is 15.0 Å². The SMILES string of the molecule is Cc1noc(C)c1C(C)NS(=O)(=O)c1cn(C)nc1N. The van der Waals surface area contributed by atoms with E-state index in [1.807, 2.05) is 0 Å². The summed E-state index contributed by atoms with van der Waals surface area (Å²) in [5, 5.41) is 7.64. The first-order valence-electron chi connectivity index (χ1n) is 5.96. The number of rotatable bonds is 4. The molecule has 0 aromatic carbocycles. The van der Waals surface area contributed by atoms with Crippen molar-refractivity contribution >= 4 is 15.8 Å². The molecule has 3 N–H and O–H groups in total. The van der Waals surface area contributed by atoms with Crippen molar-refractivity contribution in [2.45, 2.75) is 31.7 Å². The third kappa shape index (κ3) is 2.54. The molecule has 2 heterocycles. The molecule has 0 aliphatic rings. The van der Waals surface area contributed by atoms with Crippen molar-refractivity contribution < 1.29 is 12.9 Å². The van der Waals surface area contributed by atoms with E-state index < -0.39 is 16.1 Å². The summed E-state index contributed by atoms with van der Waals surface area (Å²) in [6.45, 7) is 5.21. The number of sulfonamides is 1. The van der Waals surface area contributed by atoms with E-state index in [9.17, 15) is 8.42 Å². The van der Waals surface area contributed by atoms with Crippen LogP contribution in [0.2, 0.25) is 0 Å². The van der Waals surface area contributed by atoms with Crippen molar-refractivity contribution in [3.8, 4) is 0 Å². The minimum absolute atomic E-state index is 0.0361. The number of anilines is 1. The molecule has 1 atom stereocenters. The molecule has 1 unspecified atom stereocenters. The number of hydrogen-bond acceptors (Lipinski definition) is 6. The van der Waals surface area contributed by atoms with Crippen molar-refractivity contribution in [3.05, 3.63) is 23.2 Å². The number of nitrogens with one attached hydrogen (secondary N) is 1. The van der Waals surface area contributed by atoms with Crippen LogP contribution in [0.3, 0.4) is 0 Å². The van der Waals surface area contributed by atoms with Crippen LogP contribution >= 0.6 is 0 Å². The normalized spacial score (nSPS) is 13.6. The van der Waals surface area contributed by atoms with Crippen LogP contribution in [0.25, 0.3) is 0 Å². The molecular weight excluding hydrogens is 282 g/mol. The van der Waals surface area contributed by atoms with Crippen LogP contribution < -0.4 is 10.5 Å². The topological polar surface area (TPSA) is 116 Å². The standard InChI is InChI=1S/C11H17N5O3S/c1-6-10(8(3)19-14-6)7(2)15-20(17,18)9-5-16(4)13-11(9)12/h5,7,15H,1-4H3,(H2,12,13). The van der Waals surface area contributed by atoms with Crippen LogP contribution in [0.4, 0.5) is 5.82 Å². The predicted octanol–water partition coefficient (Wildman–Crippen LogP) is 0.647. The Bertz CT molecular complexity index is 712. The van der Waals surface area contributed by atoms with Crippen LogP contribution in [0.5, 0.6) is 0 Å². The Kier molecular flexibility index (Phi) is 3.57. The smallest absolute Gasteiger partial charge is 0.246 e. The lowest BCUT2D eigenvalue weighted by molar-refractivity contribution is 0.391. The molecule has 0 aliphatic carbocycles. The van der Waals surface area contributed by atoms with Crippen molar-refractivity contribution in [1.82, 2.24) is 19.7 Å². The Morgan fingerprint density at radius 2 is 2.10 bits per heavy atom. The maximum Gasteiger partial charge on any atom is 0.246 e. The van der Waals surface area contributed by atoms with Gasteiger partial charge in [-0.3, -0.25) is 4.68 Å². The zero-order chi connectivity index (χ0) is 15.1. The lowest BCUT2D eigenvalue weighted by Gasteiger charge is -2.13. The van der Waals surface area contributed by atoms with Gasteiger partial charge in [-0.1, -0.05) is 5.16 Å². The molecule has 20 heavy (non-hydrogen) atoms. The molecule has 9 heteroatoms. The van der Waals surface area contributed by atoms with E-state index in [0.717, 1.165) is 5.56 Å². The van der Waals surface area contributed by atoms with E-state index in [-0.39, 0.29) is 10.7 Å². The molecule has 0 radical (unpaired) electrons. The predicted molar refractivity (Wildman–Crippen MR) is 72.3 cm³/mol. The maximum absolute atomic E-state index is 12.3. The second-order valence-corrected chi connectivity index (χ2v) is 6.32. The van der Waals surface area contributed by atoms with Gasteiger partial charge >= 0.3 is 0 Å². The number of nitrogens with zero attached hydrogens (tertiary/aromatic N) is 3. The summed E-state index contributed by atoms with van der Waals surface area (Å²) in [6.07, 6.45) is 1.36. The van der Waals surface area contributed by atoms with E-state index in [1.54, 1.807) is 27.8 Å². The fraction of sp³-hybridized carbons (Fsp3) is 0.455. The third-order valence-corrected chi connectivity index (χ3v) is 4.52. The first-order chi connectivity index (χ1) is 9.22. The molecule has 0 aliphatic heterocycles. The van der Waals surface area contributed by atoms with Crippen LogP contribution in [-0.4, -0.2) is 23.4 Å². The number of aromatic nitrogens is 3. The summed E-state index contributed by atoms with van der Waals surface area (Å²) >= 11 is 0. The Balaban J connectivity index is 2.32. The van der Waals surface area contributed by atoms with Gasteiger partial charge in [0.15, 0.2) is 5.82 Å². The summed E-state index contributed by atoms with van der Waals surface area (Å²) in [5.74, 6) is 0.544. The highest BCUT2D eigenvalue weighted by Gasteiger charge is 2.26. The van der Waals surface area contributed by atoms with E-state index in [0.29, 0.717) is 11.5 Å². The van der Waals surface area contributed by atoms with Crippen LogP contribution in [-0.2, 0) is 17.1 Å². The molecular formula is C11H17N5O3S. The monoisotopic (exact) mass is 299 g/mol. The van der Waals surface area contributed by atoms with Gasteiger partial charge in [0.2, 0.25) is 10.0 Å². The average molecular weight is 299 g/mol. The summed E-state index contributed by atoms with van der Waals surface area (Å²) in [6, 6.07) is -0.481. The average Bonchev–Trinajstić information content (AvgIpc) is 2.81. The number of nitrogen functional groups attached to an aromatic ring is 1. The third-order valence-electron chi connectivity index (χ3n) is 2.97. The zero-order valence-electron chi connectivity index (χ0n) is 11.7. The Morgan fingerprint density at radius 3 is 2.55 bits per heavy atom. The second-order valence-electron chi connectivity index (χ2n) is 4.63. The lowest BCUT2D eigenvalue weighted by atomic mass is 10.1. The van der Waals surface area contributed by atoms with E-state index in [4.69, 9.17) is 10.3 Å². The van der Waals surface area contributed by atoms with Crippen molar-refractivity contribution in [2.75, 3.05) is 5.73 Å². The molecule has 0 fully saturated rings. The molecule has 0 bridgehead atoms. The van der Waals surface area contributed by atoms with Gasteiger partial charge in [-0.2, -0.15) is 5.10 Å². The largest absolute Gasteiger partial charge is 0.381 e. The van der Waals surface area contributed by atoms with Gasteiger partial charge < -0.3 is 10.3 Å². The van der Waals surface area contributed by atoms with Crippen LogP contribution in [0, 0.1) is 13.8 Å². The Labute approximate surface area is 117 Å². The molecule has 2 aromatic rings. The summed E-state index contributed by atoms with van der Waals surface area (Å²) < 4.78 is 33.5. The van der Waals surface area contributed by atoms with Gasteiger partial charge in [0.25, 0.3) is 0 Å². The molecule has 0 saturated carbocycles. The van der Waals surface area contributed by atoms with E-state index >= 15 is 0 Å². The maximum atomic E-state index is 12.3. The highest BCUT2D eigenvalue weighted by Crippen LogP contribution is 2.24. The lowest BCUT2D eigenvalue weighted by Crippen LogP contribution is -2.27. The first kappa shape index (κ1) is 14.5. The molecule has 0 spiro atoms. The summed E-state index contributed by atoms with van der Waals surface area (Å²) in [7, 11) is -2.15. The van der Waals surface area contributed by atoms with Crippen molar-refractivity contribution in [1.29, 1.82) is 0 Å². The van der Waals surface area contributed by atoms with Gasteiger partial charge in [0.05, 0.1) is 5.69 Å². The number of hydrogen-bond donors (Lipinski definition) is 2. The second kappa shape index (κ2) is 4.91. The van der Waals surface area contributed by atoms with E-state index in [1.165, 1.54) is 10.9 Å². The molecule has 0 saturated heterocycles. The summed E-state index contributed by atoms with van der Waals surface area (Å²) in [5.41, 5.74) is 6.97.